The van der Waals surface area contributed by atoms with Crippen LogP contribution in [-0.2, 0) is 11.3 Å². The van der Waals surface area contributed by atoms with E-state index in [0.717, 1.165) is 34.6 Å². The Balaban J connectivity index is 1.55. The molecule has 1 aliphatic rings. The van der Waals surface area contributed by atoms with Gasteiger partial charge >= 0.3 is 0 Å². The number of aromatic amines is 1. The van der Waals surface area contributed by atoms with Crippen LogP contribution in [0.5, 0.6) is 5.75 Å². The van der Waals surface area contributed by atoms with Crippen LogP contribution in [0.3, 0.4) is 0 Å². The molecule has 6 heteroatoms. The highest BCUT2D eigenvalue weighted by molar-refractivity contribution is 5.94. The van der Waals surface area contributed by atoms with E-state index in [4.69, 9.17) is 9.47 Å². The summed E-state index contributed by atoms with van der Waals surface area (Å²) in [6.45, 7) is 2.73. The van der Waals surface area contributed by atoms with Crippen molar-refractivity contribution in [3.63, 3.8) is 0 Å². The zero-order chi connectivity index (χ0) is 17.2. The molecule has 2 N–H and O–H groups in total. The van der Waals surface area contributed by atoms with Crippen LogP contribution in [0, 0.1) is 0 Å². The van der Waals surface area contributed by atoms with E-state index in [9.17, 15) is 4.79 Å². The van der Waals surface area contributed by atoms with Crippen molar-refractivity contribution in [2.45, 2.75) is 26.0 Å². The zero-order valence-corrected chi connectivity index (χ0v) is 13.9. The van der Waals surface area contributed by atoms with E-state index in [0.29, 0.717) is 12.2 Å². The first-order valence-corrected chi connectivity index (χ1v) is 8.33. The fourth-order valence-electron chi connectivity index (χ4n) is 2.97. The number of rotatable bonds is 4. The monoisotopic (exact) mass is 337 g/mol. The number of imidazole rings is 1. The van der Waals surface area contributed by atoms with Gasteiger partial charge in [-0.1, -0.05) is 19.1 Å². The maximum absolute atomic E-state index is 12.7. The Hall–Kier alpha value is -2.86. The van der Waals surface area contributed by atoms with Gasteiger partial charge in [0.2, 0.25) is 0 Å². The highest BCUT2D eigenvalue weighted by atomic mass is 16.7. The maximum atomic E-state index is 12.7. The van der Waals surface area contributed by atoms with E-state index in [1.54, 1.807) is 6.07 Å². The van der Waals surface area contributed by atoms with Crippen molar-refractivity contribution in [2.75, 3.05) is 6.79 Å². The Morgan fingerprint density at radius 1 is 1.32 bits per heavy atom. The number of carbonyl (C=O) groups excluding carboxylic acids is 1. The Bertz CT molecular complexity index is 886. The van der Waals surface area contributed by atoms with Crippen molar-refractivity contribution in [3.8, 4) is 5.75 Å². The smallest absolute Gasteiger partial charge is 0.251 e. The molecule has 0 bridgehead atoms. The van der Waals surface area contributed by atoms with Gasteiger partial charge in [-0.3, -0.25) is 4.79 Å². The molecule has 2 heterocycles. The molecule has 128 valence electrons. The summed E-state index contributed by atoms with van der Waals surface area (Å²) in [5, 5.41) is 3.05. The number of fused-ring (bicyclic) bond motifs is 2. The van der Waals surface area contributed by atoms with Crippen LogP contribution < -0.4 is 10.1 Å². The standard InChI is InChI=1S/C19H19N3O3/c1-2-14(18-20-15-5-3-4-6-16(15)21-18)22-19(23)12-7-8-17-13(9-12)10-24-11-25-17/h3-9,14H,2,10-11H2,1H3,(H,20,21)(H,22,23). The van der Waals surface area contributed by atoms with Crippen LogP contribution in [0.2, 0.25) is 0 Å². The minimum atomic E-state index is -0.177. The molecule has 1 aromatic heterocycles. The number of nitrogens with one attached hydrogen (secondary N) is 2. The van der Waals surface area contributed by atoms with Crippen LogP contribution in [0.25, 0.3) is 11.0 Å². The molecule has 1 aliphatic heterocycles. The van der Waals surface area contributed by atoms with Gasteiger partial charge in [0.1, 0.15) is 11.6 Å². The molecule has 0 fully saturated rings. The Morgan fingerprint density at radius 2 is 2.20 bits per heavy atom. The normalized spacial score (nSPS) is 14.6. The molecule has 0 saturated carbocycles. The van der Waals surface area contributed by atoms with Crippen molar-refractivity contribution >= 4 is 16.9 Å². The third kappa shape index (κ3) is 3.08. The molecule has 25 heavy (non-hydrogen) atoms. The molecule has 0 aliphatic carbocycles. The fourth-order valence-corrected chi connectivity index (χ4v) is 2.97. The average Bonchev–Trinajstić information content (AvgIpc) is 3.09. The number of carbonyl (C=O) groups is 1. The number of ether oxygens (including phenoxy) is 2. The Kier molecular flexibility index (Phi) is 4.11. The first kappa shape index (κ1) is 15.7. The number of hydrogen-bond acceptors (Lipinski definition) is 4. The second-order valence-corrected chi connectivity index (χ2v) is 6.01. The minimum Gasteiger partial charge on any atom is -0.467 e. The third-order valence-corrected chi connectivity index (χ3v) is 4.33. The molecule has 0 saturated heterocycles. The number of nitrogens with zero attached hydrogens (tertiary/aromatic N) is 1. The third-order valence-electron chi connectivity index (χ3n) is 4.33. The molecule has 2 aromatic carbocycles. The molecule has 0 radical (unpaired) electrons. The van der Waals surface area contributed by atoms with Crippen molar-refractivity contribution in [3.05, 3.63) is 59.4 Å². The predicted molar refractivity (Wildman–Crippen MR) is 93.3 cm³/mol. The molecule has 0 spiro atoms. The summed E-state index contributed by atoms with van der Waals surface area (Å²) < 4.78 is 10.7. The zero-order valence-electron chi connectivity index (χ0n) is 13.9. The second kappa shape index (κ2) is 6.57. The van der Waals surface area contributed by atoms with Crippen LogP contribution >= 0.6 is 0 Å². The molecule has 1 atom stereocenters. The lowest BCUT2D eigenvalue weighted by Crippen LogP contribution is -2.29. The number of benzene rings is 2. The van der Waals surface area contributed by atoms with Gasteiger partial charge in [0.15, 0.2) is 6.79 Å². The number of para-hydroxylation sites is 2. The van der Waals surface area contributed by atoms with Crippen LogP contribution in [-0.4, -0.2) is 22.7 Å². The summed E-state index contributed by atoms with van der Waals surface area (Å²) in [5.41, 5.74) is 3.33. The molecule has 3 aromatic rings. The van der Waals surface area contributed by atoms with E-state index in [1.807, 2.05) is 43.3 Å². The van der Waals surface area contributed by atoms with Gasteiger partial charge in [-0.05, 0) is 36.8 Å². The number of amides is 1. The summed E-state index contributed by atoms with van der Waals surface area (Å²) in [5.74, 6) is 1.40. The van der Waals surface area contributed by atoms with E-state index < -0.39 is 0 Å². The van der Waals surface area contributed by atoms with Crippen molar-refractivity contribution in [1.82, 2.24) is 15.3 Å². The average molecular weight is 337 g/mol. The van der Waals surface area contributed by atoms with E-state index in [1.165, 1.54) is 0 Å². The van der Waals surface area contributed by atoms with Crippen molar-refractivity contribution in [1.29, 1.82) is 0 Å². The molecule has 1 unspecified atom stereocenters. The summed E-state index contributed by atoms with van der Waals surface area (Å²) >= 11 is 0. The van der Waals surface area contributed by atoms with Gasteiger partial charge in [0.25, 0.3) is 5.91 Å². The lowest BCUT2D eigenvalue weighted by Gasteiger charge is -2.19. The summed E-state index contributed by atoms with van der Waals surface area (Å²) in [6, 6.07) is 13.1. The second-order valence-electron chi connectivity index (χ2n) is 6.01. The molecular formula is C19H19N3O3. The molecule has 4 rings (SSSR count). The van der Waals surface area contributed by atoms with E-state index in [-0.39, 0.29) is 18.7 Å². The minimum absolute atomic E-state index is 0.138. The van der Waals surface area contributed by atoms with Crippen molar-refractivity contribution in [2.24, 2.45) is 0 Å². The summed E-state index contributed by atoms with van der Waals surface area (Å²) in [7, 11) is 0. The first-order valence-electron chi connectivity index (χ1n) is 8.33. The van der Waals surface area contributed by atoms with Crippen LogP contribution in [0.15, 0.2) is 42.5 Å². The van der Waals surface area contributed by atoms with E-state index in [2.05, 4.69) is 15.3 Å². The highest BCUT2D eigenvalue weighted by Crippen LogP contribution is 2.25. The largest absolute Gasteiger partial charge is 0.467 e. The van der Waals surface area contributed by atoms with Crippen molar-refractivity contribution < 1.29 is 14.3 Å². The quantitative estimate of drug-likeness (QED) is 0.766. The predicted octanol–water partition coefficient (Wildman–Crippen LogP) is 3.31. The van der Waals surface area contributed by atoms with Gasteiger partial charge in [-0.2, -0.15) is 0 Å². The number of H-pyrrole nitrogens is 1. The van der Waals surface area contributed by atoms with Gasteiger partial charge in [-0.25, -0.2) is 4.98 Å². The highest BCUT2D eigenvalue weighted by Gasteiger charge is 2.19. The summed E-state index contributed by atoms with van der Waals surface area (Å²) in [6.07, 6.45) is 0.739. The van der Waals surface area contributed by atoms with E-state index >= 15 is 0 Å². The fraction of sp³-hybridized carbons (Fsp3) is 0.263. The van der Waals surface area contributed by atoms with Gasteiger partial charge in [-0.15, -0.1) is 0 Å². The van der Waals surface area contributed by atoms with Crippen LogP contribution in [0.1, 0.15) is 41.1 Å². The number of aromatic nitrogens is 2. The van der Waals surface area contributed by atoms with Gasteiger partial charge in [0, 0.05) is 11.1 Å². The van der Waals surface area contributed by atoms with Gasteiger partial charge in [0.05, 0.1) is 23.7 Å². The lowest BCUT2D eigenvalue weighted by molar-refractivity contribution is -0.0163. The molecule has 6 nitrogen and oxygen atoms in total. The maximum Gasteiger partial charge on any atom is 0.251 e. The van der Waals surface area contributed by atoms with Crippen LogP contribution in [0.4, 0.5) is 0 Å². The SMILES string of the molecule is CCC(NC(=O)c1ccc2c(c1)COCO2)c1nc2ccccc2[nH]1. The Labute approximate surface area is 145 Å². The topological polar surface area (TPSA) is 76.2 Å². The van der Waals surface area contributed by atoms with Gasteiger partial charge < -0.3 is 19.8 Å². The first-order chi connectivity index (χ1) is 12.2. The molecule has 1 amide bonds. The summed E-state index contributed by atoms with van der Waals surface area (Å²) in [4.78, 5) is 20.5. The lowest BCUT2D eigenvalue weighted by atomic mass is 10.1. The molecular weight excluding hydrogens is 318 g/mol. The number of hydrogen-bond donors (Lipinski definition) is 2. The Morgan fingerprint density at radius 3 is 3.04 bits per heavy atom.